The van der Waals surface area contributed by atoms with Crippen molar-refractivity contribution in [2.75, 3.05) is 6.54 Å². The average molecular weight is 356 g/mol. The van der Waals surface area contributed by atoms with E-state index < -0.39 is 10.5 Å². The highest BCUT2D eigenvalue weighted by Gasteiger charge is 2.09. The SMILES string of the molecule is O=C(CCCn1cnc([NH+]([O-])O)n1)NCCCn1ccnc1[NH+]([O-])O. The van der Waals surface area contributed by atoms with Gasteiger partial charge in [0.2, 0.25) is 5.91 Å². The zero-order valence-electron chi connectivity index (χ0n) is 13.3. The molecule has 25 heavy (non-hydrogen) atoms. The average Bonchev–Trinajstić information content (AvgIpc) is 3.20. The molecule has 2 rings (SSSR count). The monoisotopic (exact) mass is 356 g/mol. The van der Waals surface area contributed by atoms with Crippen molar-refractivity contribution in [2.45, 2.75) is 32.4 Å². The third-order valence-electron chi connectivity index (χ3n) is 3.32. The lowest BCUT2D eigenvalue weighted by atomic mass is 10.3. The van der Waals surface area contributed by atoms with Gasteiger partial charge in [-0.3, -0.25) is 9.36 Å². The molecule has 0 aromatic carbocycles. The van der Waals surface area contributed by atoms with Crippen LogP contribution in [-0.4, -0.2) is 47.2 Å². The Morgan fingerprint density at radius 1 is 1.20 bits per heavy atom. The molecule has 2 unspecified atom stereocenters. The number of aryl methyl sites for hydroxylation is 2. The summed E-state index contributed by atoms with van der Waals surface area (Å²) in [4.78, 5) is 19.1. The molecule has 2 atom stereocenters. The molecule has 2 aromatic heterocycles. The number of amides is 1. The molecule has 0 aliphatic carbocycles. The highest BCUT2D eigenvalue weighted by atomic mass is 16.8. The van der Waals surface area contributed by atoms with Crippen LogP contribution in [-0.2, 0) is 17.9 Å². The molecule has 0 bridgehead atoms. The van der Waals surface area contributed by atoms with E-state index >= 15 is 0 Å². The normalized spacial score (nSPS) is 13.6. The summed E-state index contributed by atoms with van der Waals surface area (Å²) >= 11 is 0. The predicted octanol–water partition coefficient (Wildman–Crippen LogP) is -2.73. The van der Waals surface area contributed by atoms with Crippen LogP contribution in [0.25, 0.3) is 0 Å². The van der Waals surface area contributed by atoms with Crippen LogP contribution >= 0.6 is 0 Å². The molecule has 0 fully saturated rings. The smallest absolute Gasteiger partial charge is 0.379 e. The van der Waals surface area contributed by atoms with Gasteiger partial charge >= 0.3 is 11.9 Å². The molecular formula is C12H20N8O5. The number of nitrogens with zero attached hydrogens (tertiary/aromatic N) is 5. The quantitative estimate of drug-likeness (QED) is 0.225. The standard InChI is InChI=1S/C12H20N8O5/c21-10(3-1-7-18-9-15-11(16-18)19(22)23)13-4-2-6-17-8-5-14-12(17)20(24)25/h5,8-9,19-20,22,24H,1-4,6-7H2,(H,13,21). The van der Waals surface area contributed by atoms with Crippen molar-refractivity contribution < 1.29 is 25.7 Å². The van der Waals surface area contributed by atoms with Gasteiger partial charge in [0.05, 0.1) is 6.20 Å². The number of hydrogen-bond acceptors (Lipinski definition) is 8. The van der Waals surface area contributed by atoms with Gasteiger partial charge in [-0.2, -0.15) is 20.4 Å². The van der Waals surface area contributed by atoms with Gasteiger partial charge in [-0.25, -0.2) is 15.1 Å². The summed E-state index contributed by atoms with van der Waals surface area (Å²) in [7, 11) is 0. The van der Waals surface area contributed by atoms with Crippen LogP contribution in [0.2, 0.25) is 0 Å². The second kappa shape index (κ2) is 9.16. The van der Waals surface area contributed by atoms with E-state index in [9.17, 15) is 15.2 Å². The van der Waals surface area contributed by atoms with E-state index in [1.807, 2.05) is 0 Å². The molecule has 13 heteroatoms. The lowest BCUT2D eigenvalue weighted by Crippen LogP contribution is -3.00. The number of carbonyl (C=O) groups excluding carboxylic acids is 1. The maximum atomic E-state index is 11.7. The summed E-state index contributed by atoms with van der Waals surface area (Å²) < 4.78 is 2.89. The third-order valence-corrected chi connectivity index (χ3v) is 3.32. The maximum absolute atomic E-state index is 11.7. The van der Waals surface area contributed by atoms with Gasteiger partial charge < -0.3 is 15.7 Å². The van der Waals surface area contributed by atoms with Crippen LogP contribution in [0.5, 0.6) is 0 Å². The predicted molar refractivity (Wildman–Crippen MR) is 80.7 cm³/mol. The van der Waals surface area contributed by atoms with E-state index in [-0.39, 0.29) is 24.2 Å². The lowest BCUT2D eigenvalue weighted by molar-refractivity contribution is -0.995. The molecule has 0 spiro atoms. The molecule has 0 radical (unpaired) electrons. The van der Waals surface area contributed by atoms with Gasteiger partial charge in [-0.15, -0.1) is 0 Å². The second-order valence-electron chi connectivity index (χ2n) is 5.19. The Labute approximate surface area is 142 Å². The minimum absolute atomic E-state index is 0.0279. The van der Waals surface area contributed by atoms with E-state index in [1.54, 1.807) is 6.20 Å². The summed E-state index contributed by atoms with van der Waals surface area (Å²) in [6.07, 6.45) is 5.66. The van der Waals surface area contributed by atoms with Crippen LogP contribution in [0.1, 0.15) is 19.3 Å². The van der Waals surface area contributed by atoms with Crippen LogP contribution in [0.3, 0.4) is 0 Å². The van der Waals surface area contributed by atoms with Crippen molar-refractivity contribution in [3.8, 4) is 0 Å². The third kappa shape index (κ3) is 5.86. The van der Waals surface area contributed by atoms with E-state index in [0.29, 0.717) is 32.5 Å². The topological polar surface area (TPSA) is 173 Å². The summed E-state index contributed by atoms with van der Waals surface area (Å²) in [6, 6.07) is 0. The minimum atomic E-state index is -1.19. The van der Waals surface area contributed by atoms with E-state index in [2.05, 4.69) is 20.4 Å². The summed E-state index contributed by atoms with van der Waals surface area (Å²) in [5.74, 6) is -0.438. The highest BCUT2D eigenvalue weighted by molar-refractivity contribution is 5.75. The Bertz CT molecular complexity index is 670. The number of imidazole rings is 1. The number of quaternary nitrogens is 2. The number of hydrogen-bond donors (Lipinski definition) is 5. The highest BCUT2D eigenvalue weighted by Crippen LogP contribution is 2.00. The molecule has 5 N–H and O–H groups in total. The molecule has 138 valence electrons. The first kappa shape index (κ1) is 18.9. The summed E-state index contributed by atoms with van der Waals surface area (Å²) in [5.41, 5.74) is 0. The molecule has 0 aliphatic heterocycles. The number of rotatable bonds is 10. The van der Waals surface area contributed by atoms with Crippen molar-refractivity contribution in [1.29, 1.82) is 0 Å². The first-order chi connectivity index (χ1) is 12.0. The number of nitrogens with one attached hydrogen (secondary N) is 3. The first-order valence-corrected chi connectivity index (χ1v) is 7.61. The maximum Gasteiger partial charge on any atom is 0.379 e. The Kier molecular flexibility index (Phi) is 6.93. The van der Waals surface area contributed by atoms with Crippen LogP contribution in [0.15, 0.2) is 18.7 Å². The van der Waals surface area contributed by atoms with Crippen molar-refractivity contribution in [3.63, 3.8) is 0 Å². The fraction of sp³-hybridized carbons (Fsp3) is 0.500. The summed E-state index contributed by atoms with van der Waals surface area (Å²) in [6.45, 7) is 1.26. The number of aromatic nitrogens is 5. The van der Waals surface area contributed by atoms with Gasteiger partial charge in [0.25, 0.3) is 0 Å². The minimum Gasteiger partial charge on any atom is -0.592 e. The van der Waals surface area contributed by atoms with Crippen LogP contribution < -0.4 is 15.8 Å². The molecule has 0 saturated carbocycles. The fourth-order valence-electron chi connectivity index (χ4n) is 2.16. The van der Waals surface area contributed by atoms with E-state index in [1.165, 1.54) is 21.8 Å². The van der Waals surface area contributed by atoms with Crippen molar-refractivity contribution >= 4 is 17.8 Å². The number of carbonyl (C=O) groups is 1. The molecule has 2 heterocycles. The Hall–Kier alpha value is -2.42. The van der Waals surface area contributed by atoms with Gasteiger partial charge in [0.1, 0.15) is 6.33 Å². The van der Waals surface area contributed by atoms with Crippen LogP contribution in [0, 0.1) is 10.4 Å². The van der Waals surface area contributed by atoms with Crippen LogP contribution in [0.4, 0.5) is 11.9 Å². The molecule has 13 nitrogen and oxygen atoms in total. The zero-order valence-corrected chi connectivity index (χ0v) is 13.3. The van der Waals surface area contributed by atoms with E-state index in [4.69, 9.17) is 10.4 Å². The Morgan fingerprint density at radius 2 is 2.00 bits per heavy atom. The first-order valence-electron chi connectivity index (χ1n) is 7.61. The van der Waals surface area contributed by atoms with Gasteiger partial charge in [0.15, 0.2) is 0 Å². The van der Waals surface area contributed by atoms with E-state index in [0.717, 1.165) is 0 Å². The molecule has 0 aliphatic rings. The molecular weight excluding hydrogens is 336 g/mol. The summed E-state index contributed by atoms with van der Waals surface area (Å²) in [5, 5.41) is 43.4. The fourth-order valence-corrected chi connectivity index (χ4v) is 2.16. The zero-order chi connectivity index (χ0) is 18.2. The molecule has 1 amide bonds. The van der Waals surface area contributed by atoms with Gasteiger partial charge in [0, 0.05) is 32.3 Å². The largest absolute Gasteiger partial charge is 0.592 e. The van der Waals surface area contributed by atoms with Gasteiger partial charge in [-0.05, 0) is 12.8 Å². The molecule has 0 saturated heterocycles. The lowest BCUT2D eigenvalue weighted by Gasteiger charge is -2.12. The van der Waals surface area contributed by atoms with Crippen molar-refractivity contribution in [2.24, 2.45) is 0 Å². The van der Waals surface area contributed by atoms with Crippen molar-refractivity contribution in [1.82, 2.24) is 29.6 Å². The second-order valence-corrected chi connectivity index (χ2v) is 5.19. The van der Waals surface area contributed by atoms with Gasteiger partial charge in [-0.1, -0.05) is 5.10 Å². The Balaban J connectivity index is 1.60. The van der Waals surface area contributed by atoms with Crippen molar-refractivity contribution in [3.05, 3.63) is 29.1 Å². The molecule has 2 aromatic rings. The Morgan fingerprint density at radius 3 is 2.68 bits per heavy atom.